The van der Waals surface area contributed by atoms with E-state index in [9.17, 15) is 12.8 Å². The first-order valence-corrected chi connectivity index (χ1v) is 8.49. The second kappa shape index (κ2) is 5.15. The fourth-order valence-corrected chi connectivity index (χ4v) is 4.28. The molecule has 0 saturated carbocycles. The standard InChI is InChI=1S/C16H16FNO2S/c17-14-6-7-16(15(18)9-14)21(19,20)10-11-4-5-12-2-1-3-13(12)8-11/h4-9H,1-3,10,18H2. The fourth-order valence-electron chi connectivity index (χ4n) is 2.81. The second-order valence-electron chi connectivity index (χ2n) is 5.40. The predicted molar refractivity (Wildman–Crippen MR) is 80.2 cm³/mol. The van der Waals surface area contributed by atoms with Gasteiger partial charge in [0.15, 0.2) is 9.84 Å². The summed E-state index contributed by atoms with van der Waals surface area (Å²) in [6.45, 7) is 0. The Balaban J connectivity index is 1.92. The van der Waals surface area contributed by atoms with Crippen molar-refractivity contribution in [1.82, 2.24) is 0 Å². The van der Waals surface area contributed by atoms with Crippen molar-refractivity contribution in [3.8, 4) is 0 Å². The molecule has 0 spiro atoms. The monoisotopic (exact) mass is 305 g/mol. The smallest absolute Gasteiger partial charge is 0.184 e. The molecule has 0 aromatic heterocycles. The molecule has 0 heterocycles. The lowest BCUT2D eigenvalue weighted by molar-refractivity contribution is 0.594. The summed E-state index contributed by atoms with van der Waals surface area (Å²) in [7, 11) is -3.57. The van der Waals surface area contributed by atoms with Gasteiger partial charge in [0.05, 0.1) is 16.3 Å². The Bertz CT molecular complexity index is 800. The second-order valence-corrected chi connectivity index (χ2v) is 7.36. The first-order valence-electron chi connectivity index (χ1n) is 6.84. The third-order valence-corrected chi connectivity index (χ3v) is 5.58. The van der Waals surface area contributed by atoms with E-state index in [1.807, 2.05) is 18.2 Å². The third-order valence-electron chi connectivity index (χ3n) is 3.83. The van der Waals surface area contributed by atoms with Crippen molar-refractivity contribution in [3.63, 3.8) is 0 Å². The van der Waals surface area contributed by atoms with Crippen LogP contribution in [0.3, 0.4) is 0 Å². The minimum atomic E-state index is -3.57. The molecule has 110 valence electrons. The van der Waals surface area contributed by atoms with E-state index in [-0.39, 0.29) is 16.3 Å². The van der Waals surface area contributed by atoms with Crippen LogP contribution in [0.25, 0.3) is 0 Å². The molecule has 2 aromatic carbocycles. The Hall–Kier alpha value is -1.88. The molecular formula is C16H16FNO2S. The minimum absolute atomic E-state index is 0.00982. The molecule has 5 heteroatoms. The largest absolute Gasteiger partial charge is 0.398 e. The van der Waals surface area contributed by atoms with Crippen LogP contribution in [0.1, 0.15) is 23.1 Å². The molecule has 0 aliphatic heterocycles. The van der Waals surface area contributed by atoms with Crippen LogP contribution >= 0.6 is 0 Å². The molecule has 1 aliphatic rings. The van der Waals surface area contributed by atoms with E-state index in [2.05, 4.69) is 0 Å². The van der Waals surface area contributed by atoms with Gasteiger partial charge in [-0.2, -0.15) is 0 Å². The topological polar surface area (TPSA) is 60.2 Å². The molecule has 0 unspecified atom stereocenters. The third kappa shape index (κ3) is 2.78. The van der Waals surface area contributed by atoms with Crippen LogP contribution in [0, 0.1) is 5.82 Å². The zero-order valence-corrected chi connectivity index (χ0v) is 12.3. The number of aryl methyl sites for hydroxylation is 2. The van der Waals surface area contributed by atoms with Crippen molar-refractivity contribution in [2.75, 3.05) is 5.73 Å². The van der Waals surface area contributed by atoms with Gasteiger partial charge in [-0.25, -0.2) is 12.8 Å². The number of sulfone groups is 1. The van der Waals surface area contributed by atoms with Gasteiger partial charge in [-0.05, 0) is 54.2 Å². The molecule has 2 aromatic rings. The molecule has 21 heavy (non-hydrogen) atoms. The van der Waals surface area contributed by atoms with Gasteiger partial charge in [0.2, 0.25) is 0 Å². The predicted octanol–water partition coefficient (Wildman–Crippen LogP) is 2.87. The SMILES string of the molecule is Nc1cc(F)ccc1S(=O)(=O)Cc1ccc2c(c1)CCC2. The number of hydrogen-bond acceptors (Lipinski definition) is 3. The maximum atomic E-state index is 13.0. The molecule has 0 fully saturated rings. The number of rotatable bonds is 3. The van der Waals surface area contributed by atoms with Crippen molar-refractivity contribution in [2.45, 2.75) is 29.9 Å². The van der Waals surface area contributed by atoms with Crippen molar-refractivity contribution in [2.24, 2.45) is 0 Å². The number of benzene rings is 2. The van der Waals surface area contributed by atoms with E-state index in [4.69, 9.17) is 5.73 Å². The Kier molecular flexibility index (Phi) is 3.45. The van der Waals surface area contributed by atoms with Crippen LogP contribution < -0.4 is 5.73 Å². The van der Waals surface area contributed by atoms with Gasteiger partial charge in [-0.3, -0.25) is 0 Å². The van der Waals surface area contributed by atoms with Gasteiger partial charge in [0.25, 0.3) is 0 Å². The molecule has 0 atom stereocenters. The first kappa shape index (κ1) is 14.1. The normalized spacial score (nSPS) is 14.1. The average Bonchev–Trinajstić information content (AvgIpc) is 2.85. The van der Waals surface area contributed by atoms with E-state index in [0.717, 1.165) is 37.0 Å². The number of nitrogens with two attached hydrogens (primary N) is 1. The summed E-state index contributed by atoms with van der Waals surface area (Å²) in [5.74, 6) is -0.653. The number of anilines is 1. The van der Waals surface area contributed by atoms with Gasteiger partial charge in [0, 0.05) is 0 Å². The quantitative estimate of drug-likeness (QED) is 0.700. The van der Waals surface area contributed by atoms with E-state index in [0.29, 0.717) is 0 Å². The Morgan fingerprint density at radius 2 is 1.81 bits per heavy atom. The van der Waals surface area contributed by atoms with Gasteiger partial charge in [-0.1, -0.05) is 18.2 Å². The van der Waals surface area contributed by atoms with Crippen molar-refractivity contribution < 1.29 is 12.8 Å². The zero-order valence-electron chi connectivity index (χ0n) is 11.5. The molecule has 0 saturated heterocycles. The molecule has 2 N–H and O–H groups in total. The van der Waals surface area contributed by atoms with Crippen molar-refractivity contribution in [1.29, 1.82) is 0 Å². The molecule has 3 nitrogen and oxygen atoms in total. The summed E-state index contributed by atoms with van der Waals surface area (Å²) in [5, 5.41) is 0. The molecular weight excluding hydrogens is 289 g/mol. The van der Waals surface area contributed by atoms with Crippen LogP contribution in [-0.2, 0) is 28.4 Å². The number of hydrogen-bond donors (Lipinski definition) is 1. The highest BCUT2D eigenvalue weighted by Crippen LogP contribution is 2.27. The summed E-state index contributed by atoms with van der Waals surface area (Å²) < 4.78 is 37.9. The van der Waals surface area contributed by atoms with Crippen molar-refractivity contribution >= 4 is 15.5 Å². The van der Waals surface area contributed by atoms with Crippen LogP contribution in [0.5, 0.6) is 0 Å². The van der Waals surface area contributed by atoms with Crippen LogP contribution in [0.2, 0.25) is 0 Å². The summed E-state index contributed by atoms with van der Waals surface area (Å²) in [6.07, 6.45) is 3.19. The molecule has 0 radical (unpaired) electrons. The highest BCUT2D eigenvalue weighted by Gasteiger charge is 2.20. The Morgan fingerprint density at radius 3 is 2.57 bits per heavy atom. The van der Waals surface area contributed by atoms with Gasteiger partial charge < -0.3 is 5.73 Å². The molecule has 3 rings (SSSR count). The Morgan fingerprint density at radius 1 is 1.05 bits per heavy atom. The summed E-state index contributed by atoms with van der Waals surface area (Å²) in [5.41, 5.74) is 8.87. The Labute approximate surface area is 123 Å². The highest BCUT2D eigenvalue weighted by molar-refractivity contribution is 7.90. The number of fused-ring (bicyclic) bond motifs is 1. The van der Waals surface area contributed by atoms with E-state index >= 15 is 0 Å². The highest BCUT2D eigenvalue weighted by atomic mass is 32.2. The van der Waals surface area contributed by atoms with Crippen LogP contribution in [0.15, 0.2) is 41.3 Å². The van der Waals surface area contributed by atoms with Crippen molar-refractivity contribution in [3.05, 3.63) is 58.9 Å². The van der Waals surface area contributed by atoms with E-state index < -0.39 is 15.7 Å². The van der Waals surface area contributed by atoms with E-state index in [1.165, 1.54) is 17.2 Å². The lowest BCUT2D eigenvalue weighted by atomic mass is 10.1. The lowest BCUT2D eigenvalue weighted by Crippen LogP contribution is -2.08. The zero-order chi connectivity index (χ0) is 15.0. The molecule has 0 amide bonds. The van der Waals surface area contributed by atoms with Crippen LogP contribution in [0.4, 0.5) is 10.1 Å². The number of nitrogen functional groups attached to an aromatic ring is 1. The lowest BCUT2D eigenvalue weighted by Gasteiger charge is -2.09. The van der Waals surface area contributed by atoms with E-state index in [1.54, 1.807) is 0 Å². The van der Waals surface area contributed by atoms with Crippen LogP contribution in [-0.4, -0.2) is 8.42 Å². The van der Waals surface area contributed by atoms with Gasteiger partial charge in [-0.15, -0.1) is 0 Å². The maximum absolute atomic E-state index is 13.0. The fraction of sp³-hybridized carbons (Fsp3) is 0.250. The molecule has 1 aliphatic carbocycles. The average molecular weight is 305 g/mol. The summed E-state index contributed by atoms with van der Waals surface area (Å²) >= 11 is 0. The number of halogens is 1. The first-order chi connectivity index (χ1) is 9.95. The molecule has 0 bridgehead atoms. The summed E-state index contributed by atoms with van der Waals surface area (Å²) in [6, 6.07) is 9.19. The minimum Gasteiger partial charge on any atom is -0.398 e. The summed E-state index contributed by atoms with van der Waals surface area (Å²) in [4.78, 5) is -0.00982. The van der Waals surface area contributed by atoms with Gasteiger partial charge in [0.1, 0.15) is 5.82 Å². The maximum Gasteiger partial charge on any atom is 0.184 e. The van der Waals surface area contributed by atoms with Gasteiger partial charge >= 0.3 is 0 Å².